The zero-order valence-electron chi connectivity index (χ0n) is 24.6. The summed E-state index contributed by atoms with van der Waals surface area (Å²) in [5, 5.41) is 0. The molecule has 0 aliphatic carbocycles. The van der Waals surface area contributed by atoms with Gasteiger partial charge in [0.1, 0.15) is 0 Å². The zero-order chi connectivity index (χ0) is 30.5. The van der Waals surface area contributed by atoms with Crippen molar-refractivity contribution in [3.63, 3.8) is 0 Å². The average molecular weight is 601 g/mol. The lowest BCUT2D eigenvalue weighted by molar-refractivity contribution is -0.138. The van der Waals surface area contributed by atoms with Crippen LogP contribution in [0.2, 0.25) is 0 Å². The molecule has 0 spiro atoms. The van der Waals surface area contributed by atoms with Gasteiger partial charge in [-0.1, -0.05) is 59.9 Å². The van der Waals surface area contributed by atoms with E-state index in [2.05, 4.69) is 0 Å². The smallest absolute Gasteiger partial charge is 0.338 e. The number of hydrogen-bond donors (Lipinski definition) is 0. The van der Waals surface area contributed by atoms with Crippen LogP contribution in [-0.2, 0) is 9.53 Å². The third-order valence-corrected chi connectivity index (χ3v) is 7.88. The first-order chi connectivity index (χ1) is 20.9. The lowest BCUT2D eigenvalue weighted by Crippen LogP contribution is -2.40. The van der Waals surface area contributed by atoms with Crippen molar-refractivity contribution in [2.75, 3.05) is 34.5 Å². The molecule has 1 aliphatic rings. The van der Waals surface area contributed by atoms with Crippen LogP contribution in [0.5, 0.6) is 23.0 Å². The third kappa shape index (κ3) is 5.65. The van der Waals surface area contributed by atoms with Crippen molar-refractivity contribution in [2.45, 2.75) is 19.9 Å². The monoisotopic (exact) mass is 600 g/mol. The maximum atomic E-state index is 14.3. The molecule has 222 valence electrons. The SMILES string of the molecule is CCOC(=O)C1=C(c2ccccc2)N=c2s/c(=C\c3cccc(OC)c3OCC)c(=O)n2[C@@H]1c1ccc(OC)c(OC)c1. The van der Waals surface area contributed by atoms with E-state index in [9.17, 15) is 9.59 Å². The molecule has 0 saturated heterocycles. The number of esters is 1. The van der Waals surface area contributed by atoms with Gasteiger partial charge in [-0.15, -0.1) is 0 Å². The Balaban J connectivity index is 1.84. The number of rotatable bonds is 10. The van der Waals surface area contributed by atoms with Gasteiger partial charge < -0.3 is 23.7 Å². The summed E-state index contributed by atoms with van der Waals surface area (Å²) in [4.78, 5) is 33.3. The molecule has 1 atom stereocenters. The van der Waals surface area contributed by atoms with Crippen molar-refractivity contribution in [2.24, 2.45) is 4.99 Å². The molecule has 43 heavy (non-hydrogen) atoms. The lowest BCUT2D eigenvalue weighted by atomic mass is 9.93. The van der Waals surface area contributed by atoms with E-state index >= 15 is 0 Å². The highest BCUT2D eigenvalue weighted by Gasteiger charge is 2.35. The van der Waals surface area contributed by atoms with Gasteiger partial charge in [0.15, 0.2) is 27.8 Å². The number of methoxy groups -OCH3 is 3. The summed E-state index contributed by atoms with van der Waals surface area (Å²) < 4.78 is 29.9. The molecule has 1 aliphatic heterocycles. The molecule has 0 bridgehead atoms. The van der Waals surface area contributed by atoms with Gasteiger partial charge in [-0.25, -0.2) is 9.79 Å². The fourth-order valence-electron chi connectivity index (χ4n) is 5.03. The van der Waals surface area contributed by atoms with Crippen LogP contribution in [0, 0.1) is 0 Å². The molecule has 0 fully saturated rings. The number of benzene rings is 3. The minimum absolute atomic E-state index is 0.156. The van der Waals surface area contributed by atoms with Crippen LogP contribution in [0.3, 0.4) is 0 Å². The Bertz CT molecular complexity index is 1860. The highest BCUT2D eigenvalue weighted by Crippen LogP contribution is 2.38. The van der Waals surface area contributed by atoms with Crippen molar-refractivity contribution in [1.82, 2.24) is 4.57 Å². The minimum atomic E-state index is -0.857. The molecule has 3 aromatic carbocycles. The van der Waals surface area contributed by atoms with Gasteiger partial charge in [-0.2, -0.15) is 0 Å². The van der Waals surface area contributed by atoms with Crippen LogP contribution in [0.4, 0.5) is 0 Å². The maximum absolute atomic E-state index is 14.3. The van der Waals surface area contributed by atoms with Crippen molar-refractivity contribution in [3.8, 4) is 23.0 Å². The van der Waals surface area contributed by atoms with Crippen LogP contribution in [0.25, 0.3) is 11.8 Å². The predicted octanol–water partition coefficient (Wildman–Crippen LogP) is 4.36. The van der Waals surface area contributed by atoms with Gasteiger partial charge >= 0.3 is 5.97 Å². The van der Waals surface area contributed by atoms with E-state index in [4.69, 9.17) is 28.7 Å². The lowest BCUT2D eigenvalue weighted by Gasteiger charge is -2.26. The normalized spacial score (nSPS) is 14.5. The van der Waals surface area contributed by atoms with Gasteiger partial charge in [-0.3, -0.25) is 9.36 Å². The maximum Gasteiger partial charge on any atom is 0.338 e. The summed E-state index contributed by atoms with van der Waals surface area (Å²) in [7, 11) is 4.66. The molecular formula is C33H32N2O7S. The summed E-state index contributed by atoms with van der Waals surface area (Å²) in [5.41, 5.74) is 2.40. The number of ether oxygens (including phenoxy) is 5. The molecule has 0 N–H and O–H groups in total. The average Bonchev–Trinajstić information content (AvgIpc) is 3.35. The van der Waals surface area contributed by atoms with Crippen molar-refractivity contribution >= 4 is 29.1 Å². The highest BCUT2D eigenvalue weighted by molar-refractivity contribution is 7.07. The van der Waals surface area contributed by atoms with Crippen molar-refractivity contribution < 1.29 is 28.5 Å². The number of para-hydroxylation sites is 1. The van der Waals surface area contributed by atoms with E-state index in [1.807, 2.05) is 55.5 Å². The predicted molar refractivity (Wildman–Crippen MR) is 165 cm³/mol. The molecule has 4 aromatic rings. The minimum Gasteiger partial charge on any atom is -0.493 e. The molecular weight excluding hydrogens is 568 g/mol. The van der Waals surface area contributed by atoms with Crippen LogP contribution in [0.15, 0.2) is 82.1 Å². The molecule has 0 amide bonds. The van der Waals surface area contributed by atoms with Gasteiger partial charge in [-0.05, 0) is 43.7 Å². The van der Waals surface area contributed by atoms with Crippen molar-refractivity contribution in [1.29, 1.82) is 0 Å². The van der Waals surface area contributed by atoms with Crippen LogP contribution in [0.1, 0.15) is 36.6 Å². The van der Waals surface area contributed by atoms with E-state index in [0.29, 0.717) is 55.8 Å². The molecule has 5 rings (SSSR count). The molecule has 9 nitrogen and oxygen atoms in total. The van der Waals surface area contributed by atoms with E-state index in [-0.39, 0.29) is 17.7 Å². The summed E-state index contributed by atoms with van der Waals surface area (Å²) >= 11 is 1.23. The first-order valence-corrected chi connectivity index (χ1v) is 14.6. The van der Waals surface area contributed by atoms with Crippen LogP contribution < -0.4 is 33.8 Å². The summed E-state index contributed by atoms with van der Waals surface area (Å²) in [5.74, 6) is 1.51. The van der Waals surface area contributed by atoms with Gasteiger partial charge in [0.05, 0.1) is 56.4 Å². The number of carbonyl (C=O) groups excluding carboxylic acids is 1. The molecule has 0 saturated carbocycles. The Labute approximate surface area is 252 Å². The highest BCUT2D eigenvalue weighted by atomic mass is 32.1. The number of aromatic nitrogens is 1. The third-order valence-electron chi connectivity index (χ3n) is 6.90. The Hall–Kier alpha value is -4.83. The summed E-state index contributed by atoms with van der Waals surface area (Å²) in [6.07, 6.45) is 1.76. The topological polar surface area (TPSA) is 97.6 Å². The number of hydrogen-bond acceptors (Lipinski definition) is 9. The Morgan fingerprint density at radius 2 is 1.65 bits per heavy atom. The molecule has 0 unspecified atom stereocenters. The van der Waals surface area contributed by atoms with Crippen LogP contribution >= 0.6 is 11.3 Å². The quantitative estimate of drug-likeness (QED) is 0.250. The van der Waals surface area contributed by atoms with Crippen molar-refractivity contribution in [3.05, 3.63) is 109 Å². The number of fused-ring (bicyclic) bond motifs is 1. The van der Waals surface area contributed by atoms with E-state index in [1.165, 1.54) is 23.0 Å². The Morgan fingerprint density at radius 3 is 2.33 bits per heavy atom. The first-order valence-electron chi connectivity index (χ1n) is 13.8. The fourth-order valence-corrected chi connectivity index (χ4v) is 6.02. The number of nitrogens with zero attached hydrogens (tertiary/aromatic N) is 2. The van der Waals surface area contributed by atoms with E-state index in [1.54, 1.807) is 45.4 Å². The fraction of sp³-hybridized carbons (Fsp3) is 0.242. The van der Waals surface area contributed by atoms with Gasteiger partial charge in [0, 0.05) is 11.1 Å². The molecule has 10 heteroatoms. The second-order valence-corrected chi connectivity index (χ2v) is 10.4. The second-order valence-electron chi connectivity index (χ2n) is 9.36. The summed E-state index contributed by atoms with van der Waals surface area (Å²) in [6, 6.07) is 19.4. The first kappa shape index (κ1) is 29.7. The molecule has 2 heterocycles. The number of carbonyl (C=O) groups is 1. The molecule has 0 radical (unpaired) electrons. The molecule has 1 aromatic heterocycles. The Kier molecular flexibility index (Phi) is 8.96. The number of thiazole rings is 1. The van der Waals surface area contributed by atoms with E-state index in [0.717, 1.165) is 5.56 Å². The summed E-state index contributed by atoms with van der Waals surface area (Å²) in [6.45, 7) is 4.20. The zero-order valence-corrected chi connectivity index (χ0v) is 25.4. The Morgan fingerprint density at radius 1 is 0.907 bits per heavy atom. The van der Waals surface area contributed by atoms with Gasteiger partial charge in [0.2, 0.25) is 0 Å². The second kappa shape index (κ2) is 13.0. The largest absolute Gasteiger partial charge is 0.493 e. The van der Waals surface area contributed by atoms with Gasteiger partial charge in [0.25, 0.3) is 5.56 Å². The van der Waals surface area contributed by atoms with E-state index < -0.39 is 12.0 Å². The standard InChI is InChI=1S/C33H32N2O7S/c1-6-41-30-22(14-11-15-24(30)39-4)19-26-31(36)35-29(21-16-17-23(38-3)25(18-21)40-5)27(32(37)42-7-2)28(34-33(35)43-26)20-12-9-8-10-13-20/h8-19,29H,6-7H2,1-5H3/b26-19-/t29-/m1/s1. The van der Waals surface area contributed by atoms with Crippen LogP contribution in [-0.4, -0.2) is 45.1 Å².